The molecule has 0 aromatic heterocycles. The Hall–Kier alpha value is -0.610. The summed E-state index contributed by atoms with van der Waals surface area (Å²) in [5.74, 6) is 1.21. The van der Waals surface area contributed by atoms with Crippen LogP contribution in [0.25, 0.3) is 0 Å². The first-order valence-corrected chi connectivity index (χ1v) is 10.2. The molecule has 1 aromatic carbocycles. The third-order valence-electron chi connectivity index (χ3n) is 4.79. The average molecular weight is 525 g/mol. The molecule has 0 amide bonds. The van der Waals surface area contributed by atoms with Gasteiger partial charge in [-0.25, -0.2) is 0 Å². The van der Waals surface area contributed by atoms with Crippen LogP contribution in [0, 0.1) is 5.92 Å². The Morgan fingerprint density at radius 2 is 1.93 bits per heavy atom. The lowest BCUT2D eigenvalue weighted by Gasteiger charge is -2.36. The first-order valence-electron chi connectivity index (χ1n) is 9.79. The number of aliphatic hydroxyl groups is 1. The number of benzene rings is 1. The molecule has 1 aliphatic heterocycles. The second kappa shape index (κ2) is 13.6. The smallest absolute Gasteiger partial charge is 0.191 e. The van der Waals surface area contributed by atoms with E-state index < -0.39 is 6.10 Å². The Morgan fingerprint density at radius 1 is 1.25 bits per heavy atom. The summed E-state index contributed by atoms with van der Waals surface area (Å²) in [6.07, 6.45) is -0.692. The van der Waals surface area contributed by atoms with E-state index in [0.717, 1.165) is 38.4 Å². The van der Waals surface area contributed by atoms with Gasteiger partial charge in [-0.3, -0.25) is 9.89 Å². The Bertz CT molecular complexity index is 597. The predicted molar refractivity (Wildman–Crippen MR) is 127 cm³/mol. The second-order valence-electron chi connectivity index (χ2n) is 7.10. The number of guanidine groups is 1. The number of hydrogen-bond acceptors (Lipinski definition) is 4. The van der Waals surface area contributed by atoms with Gasteiger partial charge in [0.2, 0.25) is 0 Å². The van der Waals surface area contributed by atoms with E-state index in [0.29, 0.717) is 36.0 Å². The van der Waals surface area contributed by atoms with Crippen molar-refractivity contribution in [3.8, 4) is 0 Å². The van der Waals surface area contributed by atoms with Crippen molar-refractivity contribution in [3.05, 3.63) is 34.9 Å². The molecule has 1 fully saturated rings. The van der Waals surface area contributed by atoms with Gasteiger partial charge in [0, 0.05) is 42.8 Å². The molecule has 1 aliphatic rings. The molecule has 1 saturated heterocycles. The lowest BCUT2D eigenvalue weighted by Crippen LogP contribution is -2.48. The number of nitrogens with one attached hydrogen (secondary N) is 2. The van der Waals surface area contributed by atoms with E-state index >= 15 is 0 Å². The molecule has 28 heavy (non-hydrogen) atoms. The molecule has 6 nitrogen and oxygen atoms in total. The Balaban J connectivity index is 0.00000392. The first-order chi connectivity index (χ1) is 13.0. The summed E-state index contributed by atoms with van der Waals surface area (Å²) in [5, 5.41) is 17.5. The molecule has 0 aliphatic carbocycles. The van der Waals surface area contributed by atoms with Crippen LogP contribution in [0.4, 0.5) is 0 Å². The molecule has 160 valence electrons. The highest BCUT2D eigenvalue weighted by Crippen LogP contribution is 2.21. The number of rotatable bonds is 8. The normalized spacial score (nSPS) is 17.7. The average Bonchev–Trinajstić information content (AvgIpc) is 2.67. The van der Waals surface area contributed by atoms with Crippen molar-refractivity contribution in [2.75, 3.05) is 45.9 Å². The van der Waals surface area contributed by atoms with E-state index in [-0.39, 0.29) is 24.0 Å². The lowest BCUT2D eigenvalue weighted by atomic mass is 10.0. The van der Waals surface area contributed by atoms with Crippen molar-refractivity contribution in [1.29, 1.82) is 0 Å². The summed E-state index contributed by atoms with van der Waals surface area (Å²) < 4.78 is 5.47. The zero-order valence-corrected chi connectivity index (χ0v) is 20.1. The summed E-state index contributed by atoms with van der Waals surface area (Å²) in [4.78, 5) is 7.22. The molecule has 2 rings (SSSR count). The third-order valence-corrected chi connectivity index (χ3v) is 5.14. The van der Waals surface area contributed by atoms with E-state index in [2.05, 4.69) is 29.4 Å². The van der Waals surface area contributed by atoms with Gasteiger partial charge in [-0.15, -0.1) is 24.0 Å². The van der Waals surface area contributed by atoms with Crippen LogP contribution in [0.15, 0.2) is 29.3 Å². The van der Waals surface area contributed by atoms with Crippen molar-refractivity contribution in [2.24, 2.45) is 10.9 Å². The van der Waals surface area contributed by atoms with Crippen LogP contribution in [0.1, 0.15) is 32.4 Å². The largest absolute Gasteiger partial charge is 0.387 e. The molecule has 0 spiro atoms. The SMILES string of the molecule is CCNC(=NCC(C(C)C)N1CCOCC1)NCC(O)c1ccccc1Cl.I. The Labute approximate surface area is 191 Å². The standard InChI is InChI=1S/C20H33ClN4O2.HI/c1-4-22-20(24-14-19(26)16-7-5-6-8-17(16)21)23-13-18(15(2)3)25-9-11-27-12-10-25;/h5-8,15,18-19,26H,4,9-14H2,1-3H3,(H2,22,23,24);1H. The minimum atomic E-state index is -0.692. The third kappa shape index (κ3) is 8.02. The van der Waals surface area contributed by atoms with Crippen LogP contribution >= 0.6 is 35.6 Å². The topological polar surface area (TPSA) is 69.1 Å². The fraction of sp³-hybridized carbons (Fsp3) is 0.650. The van der Waals surface area contributed by atoms with E-state index in [9.17, 15) is 5.11 Å². The minimum Gasteiger partial charge on any atom is -0.387 e. The molecule has 2 atom stereocenters. The van der Waals surface area contributed by atoms with Gasteiger partial charge in [0.15, 0.2) is 5.96 Å². The van der Waals surface area contributed by atoms with Crippen LogP contribution in [0.5, 0.6) is 0 Å². The van der Waals surface area contributed by atoms with Gasteiger partial charge in [0.1, 0.15) is 0 Å². The maximum absolute atomic E-state index is 10.4. The molecule has 0 saturated carbocycles. The van der Waals surface area contributed by atoms with Crippen LogP contribution in [-0.2, 0) is 4.74 Å². The van der Waals surface area contributed by atoms with E-state index in [4.69, 9.17) is 21.3 Å². The number of halogens is 2. The predicted octanol–water partition coefficient (Wildman–Crippen LogP) is 2.90. The fourth-order valence-corrected chi connectivity index (χ4v) is 3.49. The molecule has 8 heteroatoms. The van der Waals surface area contributed by atoms with Gasteiger partial charge in [-0.1, -0.05) is 43.6 Å². The lowest BCUT2D eigenvalue weighted by molar-refractivity contribution is 0.00867. The van der Waals surface area contributed by atoms with Crippen molar-refractivity contribution in [3.63, 3.8) is 0 Å². The summed E-state index contributed by atoms with van der Waals surface area (Å²) in [6, 6.07) is 7.73. The van der Waals surface area contributed by atoms with Gasteiger partial charge < -0.3 is 20.5 Å². The summed E-state index contributed by atoms with van der Waals surface area (Å²) >= 11 is 6.17. The van der Waals surface area contributed by atoms with Crippen molar-refractivity contribution >= 4 is 41.5 Å². The number of ether oxygens (including phenoxy) is 1. The molecule has 3 N–H and O–H groups in total. The molecular weight excluding hydrogens is 491 g/mol. The van der Waals surface area contributed by atoms with Gasteiger partial charge in [0.05, 0.1) is 25.9 Å². The van der Waals surface area contributed by atoms with Crippen molar-refractivity contribution < 1.29 is 9.84 Å². The maximum Gasteiger partial charge on any atom is 0.191 e. The van der Waals surface area contributed by atoms with E-state index in [1.54, 1.807) is 6.07 Å². The fourth-order valence-electron chi connectivity index (χ4n) is 3.23. The Kier molecular flexibility index (Phi) is 12.3. The highest BCUT2D eigenvalue weighted by molar-refractivity contribution is 14.0. The van der Waals surface area contributed by atoms with Crippen LogP contribution in [0.2, 0.25) is 5.02 Å². The highest BCUT2D eigenvalue weighted by Gasteiger charge is 2.23. The van der Waals surface area contributed by atoms with E-state index in [1.165, 1.54) is 0 Å². The van der Waals surface area contributed by atoms with E-state index in [1.807, 2.05) is 25.1 Å². The number of nitrogens with zero attached hydrogens (tertiary/aromatic N) is 2. The highest BCUT2D eigenvalue weighted by atomic mass is 127. The molecule has 1 aromatic rings. The number of hydrogen-bond donors (Lipinski definition) is 3. The van der Waals surface area contributed by atoms with Gasteiger partial charge in [-0.05, 0) is 18.9 Å². The van der Waals surface area contributed by atoms with Gasteiger partial charge in [-0.2, -0.15) is 0 Å². The number of aliphatic imine (C=N–C) groups is 1. The molecule has 0 bridgehead atoms. The zero-order valence-electron chi connectivity index (χ0n) is 17.0. The zero-order chi connectivity index (χ0) is 19.6. The van der Waals surface area contributed by atoms with Gasteiger partial charge >= 0.3 is 0 Å². The number of aliphatic hydroxyl groups excluding tert-OH is 1. The Morgan fingerprint density at radius 3 is 2.54 bits per heavy atom. The quantitative estimate of drug-likeness (QED) is 0.277. The monoisotopic (exact) mass is 524 g/mol. The molecule has 2 unspecified atom stereocenters. The first kappa shape index (κ1) is 25.4. The summed E-state index contributed by atoms with van der Waals surface area (Å²) in [6.45, 7) is 11.8. The molecule has 0 radical (unpaired) electrons. The second-order valence-corrected chi connectivity index (χ2v) is 7.50. The van der Waals surface area contributed by atoms with Crippen LogP contribution < -0.4 is 10.6 Å². The summed E-state index contributed by atoms with van der Waals surface area (Å²) in [7, 11) is 0. The molecular formula is C20H34ClIN4O2. The maximum atomic E-state index is 10.4. The molecule has 1 heterocycles. The summed E-state index contributed by atoms with van der Waals surface area (Å²) in [5.41, 5.74) is 0.718. The minimum absolute atomic E-state index is 0. The van der Waals surface area contributed by atoms with Gasteiger partial charge in [0.25, 0.3) is 0 Å². The number of morpholine rings is 1. The van der Waals surface area contributed by atoms with Crippen molar-refractivity contribution in [2.45, 2.75) is 32.9 Å². The van der Waals surface area contributed by atoms with Crippen LogP contribution in [0.3, 0.4) is 0 Å². The van der Waals surface area contributed by atoms with Crippen LogP contribution in [-0.4, -0.2) is 67.9 Å². The van der Waals surface area contributed by atoms with Crippen molar-refractivity contribution in [1.82, 2.24) is 15.5 Å².